The molecule has 1 atom stereocenters. The summed E-state index contributed by atoms with van der Waals surface area (Å²) >= 11 is 0. The molecule has 0 bridgehead atoms. The highest BCUT2D eigenvalue weighted by Gasteiger charge is 2.22. The molecule has 1 unspecified atom stereocenters. The molecular weight excluding hydrogens is 250 g/mol. The Balaban J connectivity index is 1.78. The summed E-state index contributed by atoms with van der Waals surface area (Å²) in [4.78, 5) is 7.19. The minimum Gasteiger partial charge on any atom is -0.377 e. The fourth-order valence-electron chi connectivity index (χ4n) is 2.68. The minimum atomic E-state index is 0.410. The summed E-state index contributed by atoms with van der Waals surface area (Å²) in [6.07, 6.45) is 3.65. The fourth-order valence-corrected chi connectivity index (χ4v) is 2.68. The SMILES string of the molecule is CCc1cc(CNC2CC2)cc(N2CCOCC2C)n1. The van der Waals surface area contributed by atoms with Crippen molar-refractivity contribution in [1.29, 1.82) is 0 Å². The highest BCUT2D eigenvalue weighted by atomic mass is 16.5. The maximum Gasteiger partial charge on any atom is 0.129 e. The second-order valence-corrected chi connectivity index (χ2v) is 5.95. The van der Waals surface area contributed by atoms with Gasteiger partial charge in [0, 0.05) is 24.8 Å². The van der Waals surface area contributed by atoms with Crippen LogP contribution in [0.5, 0.6) is 0 Å². The predicted octanol–water partition coefficient (Wildman–Crippen LogP) is 2.12. The summed E-state index contributed by atoms with van der Waals surface area (Å²) in [5.74, 6) is 1.12. The van der Waals surface area contributed by atoms with Crippen molar-refractivity contribution >= 4 is 5.82 Å². The number of morpholine rings is 1. The first kappa shape index (κ1) is 13.8. The number of aromatic nitrogens is 1. The van der Waals surface area contributed by atoms with E-state index in [2.05, 4.69) is 36.2 Å². The molecule has 3 rings (SSSR count). The van der Waals surface area contributed by atoms with Crippen molar-refractivity contribution in [2.45, 2.75) is 51.7 Å². The van der Waals surface area contributed by atoms with Crippen LogP contribution in [0.15, 0.2) is 12.1 Å². The molecule has 4 nitrogen and oxygen atoms in total. The molecule has 110 valence electrons. The molecule has 2 heterocycles. The molecule has 1 saturated carbocycles. The van der Waals surface area contributed by atoms with Crippen LogP contribution in [-0.2, 0) is 17.7 Å². The third-order valence-corrected chi connectivity index (χ3v) is 4.12. The van der Waals surface area contributed by atoms with Gasteiger partial charge >= 0.3 is 0 Å². The van der Waals surface area contributed by atoms with Gasteiger partial charge in [-0.15, -0.1) is 0 Å². The molecule has 0 radical (unpaired) electrons. The van der Waals surface area contributed by atoms with Gasteiger partial charge in [-0.05, 0) is 43.9 Å². The van der Waals surface area contributed by atoms with Crippen LogP contribution in [0.4, 0.5) is 5.82 Å². The normalized spacial score (nSPS) is 23.1. The molecule has 1 aromatic rings. The van der Waals surface area contributed by atoms with Crippen molar-refractivity contribution in [3.8, 4) is 0 Å². The zero-order chi connectivity index (χ0) is 13.9. The minimum absolute atomic E-state index is 0.410. The number of aryl methyl sites for hydroxylation is 1. The summed E-state index contributed by atoms with van der Waals surface area (Å²) in [6, 6.07) is 5.65. The average Bonchev–Trinajstić information content (AvgIpc) is 3.29. The summed E-state index contributed by atoms with van der Waals surface area (Å²) in [7, 11) is 0. The molecule has 2 aliphatic rings. The van der Waals surface area contributed by atoms with Gasteiger partial charge in [0.1, 0.15) is 5.82 Å². The van der Waals surface area contributed by atoms with Gasteiger partial charge in [-0.2, -0.15) is 0 Å². The van der Waals surface area contributed by atoms with Crippen molar-refractivity contribution in [3.05, 3.63) is 23.4 Å². The van der Waals surface area contributed by atoms with E-state index < -0.39 is 0 Å². The number of hydrogen-bond donors (Lipinski definition) is 1. The van der Waals surface area contributed by atoms with E-state index in [4.69, 9.17) is 9.72 Å². The van der Waals surface area contributed by atoms with Crippen LogP contribution >= 0.6 is 0 Å². The van der Waals surface area contributed by atoms with E-state index in [0.29, 0.717) is 6.04 Å². The highest BCUT2D eigenvalue weighted by molar-refractivity contribution is 5.44. The average molecular weight is 275 g/mol. The Bertz CT molecular complexity index is 459. The monoisotopic (exact) mass is 275 g/mol. The molecule has 1 aliphatic heterocycles. The fraction of sp³-hybridized carbons (Fsp3) is 0.688. The Morgan fingerprint density at radius 2 is 2.25 bits per heavy atom. The predicted molar refractivity (Wildman–Crippen MR) is 81.1 cm³/mol. The molecule has 1 saturated heterocycles. The summed E-state index contributed by atoms with van der Waals surface area (Å²) in [5, 5.41) is 3.59. The van der Waals surface area contributed by atoms with Crippen molar-refractivity contribution in [2.24, 2.45) is 0 Å². The Morgan fingerprint density at radius 3 is 2.95 bits per heavy atom. The third kappa shape index (κ3) is 3.30. The topological polar surface area (TPSA) is 37.4 Å². The van der Waals surface area contributed by atoms with Crippen LogP contribution in [0.1, 0.15) is 37.9 Å². The van der Waals surface area contributed by atoms with Gasteiger partial charge in [0.2, 0.25) is 0 Å². The largest absolute Gasteiger partial charge is 0.377 e. The molecule has 1 N–H and O–H groups in total. The van der Waals surface area contributed by atoms with Crippen LogP contribution in [0.2, 0.25) is 0 Å². The van der Waals surface area contributed by atoms with Crippen molar-refractivity contribution in [1.82, 2.24) is 10.3 Å². The maximum absolute atomic E-state index is 5.53. The summed E-state index contributed by atoms with van der Waals surface area (Å²) in [6.45, 7) is 7.89. The summed E-state index contributed by atoms with van der Waals surface area (Å²) < 4.78 is 5.53. The third-order valence-electron chi connectivity index (χ3n) is 4.12. The van der Waals surface area contributed by atoms with Gasteiger partial charge in [0.15, 0.2) is 0 Å². The molecule has 2 fully saturated rings. The zero-order valence-electron chi connectivity index (χ0n) is 12.6. The first-order valence-electron chi connectivity index (χ1n) is 7.84. The zero-order valence-corrected chi connectivity index (χ0v) is 12.6. The number of ether oxygens (including phenoxy) is 1. The van der Waals surface area contributed by atoms with Crippen LogP contribution in [0.25, 0.3) is 0 Å². The van der Waals surface area contributed by atoms with Gasteiger partial charge in [0.05, 0.1) is 19.3 Å². The van der Waals surface area contributed by atoms with E-state index >= 15 is 0 Å². The summed E-state index contributed by atoms with van der Waals surface area (Å²) in [5.41, 5.74) is 2.55. The number of pyridine rings is 1. The Morgan fingerprint density at radius 1 is 1.40 bits per heavy atom. The lowest BCUT2D eigenvalue weighted by molar-refractivity contribution is 0.0985. The Labute approximate surface area is 121 Å². The number of anilines is 1. The van der Waals surface area contributed by atoms with Crippen molar-refractivity contribution in [2.75, 3.05) is 24.7 Å². The van der Waals surface area contributed by atoms with Crippen LogP contribution < -0.4 is 10.2 Å². The van der Waals surface area contributed by atoms with E-state index in [9.17, 15) is 0 Å². The highest BCUT2D eigenvalue weighted by Crippen LogP contribution is 2.22. The van der Waals surface area contributed by atoms with Gasteiger partial charge < -0.3 is 15.0 Å². The molecule has 20 heavy (non-hydrogen) atoms. The molecule has 4 heteroatoms. The number of nitrogens with one attached hydrogen (secondary N) is 1. The Kier molecular flexibility index (Phi) is 4.22. The van der Waals surface area contributed by atoms with E-state index in [1.165, 1.54) is 24.1 Å². The van der Waals surface area contributed by atoms with Crippen LogP contribution in [0, 0.1) is 0 Å². The number of hydrogen-bond acceptors (Lipinski definition) is 4. The molecule has 0 amide bonds. The quantitative estimate of drug-likeness (QED) is 0.893. The van der Waals surface area contributed by atoms with E-state index in [-0.39, 0.29) is 0 Å². The molecular formula is C16H25N3O. The molecule has 0 aromatic carbocycles. The van der Waals surface area contributed by atoms with Crippen molar-refractivity contribution < 1.29 is 4.74 Å². The molecule has 0 spiro atoms. The van der Waals surface area contributed by atoms with Gasteiger partial charge in [-0.3, -0.25) is 0 Å². The lowest BCUT2D eigenvalue weighted by Gasteiger charge is -2.34. The first-order valence-corrected chi connectivity index (χ1v) is 7.84. The number of nitrogens with zero attached hydrogens (tertiary/aromatic N) is 2. The van der Waals surface area contributed by atoms with Gasteiger partial charge in [0.25, 0.3) is 0 Å². The standard InChI is InChI=1S/C16H25N3O/c1-3-14-8-13(10-17-15-4-5-15)9-16(18-14)19-6-7-20-11-12(19)2/h8-9,12,15,17H,3-7,10-11H2,1-2H3. The van der Waals surface area contributed by atoms with Crippen molar-refractivity contribution in [3.63, 3.8) is 0 Å². The lowest BCUT2D eigenvalue weighted by atomic mass is 10.1. The smallest absolute Gasteiger partial charge is 0.129 e. The Hall–Kier alpha value is -1.13. The number of rotatable bonds is 5. The lowest BCUT2D eigenvalue weighted by Crippen LogP contribution is -2.44. The maximum atomic E-state index is 5.53. The molecule has 1 aliphatic carbocycles. The second kappa shape index (κ2) is 6.10. The van der Waals surface area contributed by atoms with Gasteiger partial charge in [-0.1, -0.05) is 6.92 Å². The van der Waals surface area contributed by atoms with E-state index in [0.717, 1.165) is 44.6 Å². The van der Waals surface area contributed by atoms with Crippen LogP contribution in [0.3, 0.4) is 0 Å². The second-order valence-electron chi connectivity index (χ2n) is 5.95. The van der Waals surface area contributed by atoms with E-state index in [1.54, 1.807) is 0 Å². The first-order chi connectivity index (χ1) is 9.76. The molecule has 1 aromatic heterocycles. The van der Waals surface area contributed by atoms with Gasteiger partial charge in [-0.25, -0.2) is 4.98 Å². The van der Waals surface area contributed by atoms with Crippen LogP contribution in [-0.4, -0.2) is 36.8 Å². The van der Waals surface area contributed by atoms with E-state index in [1.807, 2.05) is 0 Å².